The average molecular weight is 447 g/mol. The average Bonchev–Trinajstić information content (AvgIpc) is 3.48. The summed E-state index contributed by atoms with van der Waals surface area (Å²) >= 11 is 0. The summed E-state index contributed by atoms with van der Waals surface area (Å²) in [7, 11) is 0. The van der Waals surface area contributed by atoms with E-state index >= 15 is 0 Å². The molecule has 1 amide bonds. The van der Waals surface area contributed by atoms with Gasteiger partial charge in [-0.15, -0.1) is 5.10 Å². The smallest absolute Gasteiger partial charge is 0.410 e. The summed E-state index contributed by atoms with van der Waals surface area (Å²) in [5, 5.41) is 11.2. The van der Waals surface area contributed by atoms with Crippen molar-refractivity contribution in [3.63, 3.8) is 0 Å². The highest BCUT2D eigenvalue weighted by Gasteiger charge is 2.29. The van der Waals surface area contributed by atoms with Crippen molar-refractivity contribution >= 4 is 17.2 Å². The Morgan fingerprint density at radius 3 is 2.45 bits per heavy atom. The number of amides is 1. The van der Waals surface area contributed by atoms with Gasteiger partial charge in [-0.2, -0.15) is 0 Å². The van der Waals surface area contributed by atoms with Crippen LogP contribution in [0, 0.1) is 0 Å². The molecule has 0 spiro atoms. The van der Waals surface area contributed by atoms with Crippen LogP contribution >= 0.6 is 0 Å². The first-order valence-corrected chi connectivity index (χ1v) is 11.1. The Hall–Kier alpha value is -3.75. The van der Waals surface area contributed by atoms with Crippen LogP contribution in [0.15, 0.2) is 53.2 Å². The number of carbonyl (C=O) groups is 1. The van der Waals surface area contributed by atoms with Gasteiger partial charge in [-0.25, -0.2) is 14.5 Å². The number of ether oxygens (including phenoxy) is 1. The summed E-state index contributed by atoms with van der Waals surface area (Å²) < 4.78 is 13.2. The molecule has 1 saturated heterocycles. The molecule has 1 fully saturated rings. The van der Waals surface area contributed by atoms with Gasteiger partial charge in [-0.1, -0.05) is 18.2 Å². The van der Waals surface area contributed by atoms with Crippen LogP contribution in [0.3, 0.4) is 0 Å². The molecule has 5 rings (SSSR count). The van der Waals surface area contributed by atoms with Crippen LogP contribution in [-0.4, -0.2) is 54.9 Å². The fraction of sp³-hybridized carbons (Fsp3) is 0.375. The van der Waals surface area contributed by atoms with Gasteiger partial charge in [0, 0.05) is 19.0 Å². The molecule has 4 aromatic rings. The SMILES string of the molecule is CC(C)(C)OC(=O)N1CCC(c2nc3cc(-c4ccc(-n5cnnn5)cc4)ccc3o2)CC1. The first-order chi connectivity index (χ1) is 15.9. The van der Waals surface area contributed by atoms with Crippen molar-refractivity contribution in [1.82, 2.24) is 30.1 Å². The number of tetrazole rings is 1. The lowest BCUT2D eigenvalue weighted by Gasteiger charge is -2.32. The molecule has 0 aliphatic carbocycles. The Morgan fingerprint density at radius 1 is 1.06 bits per heavy atom. The van der Waals surface area contributed by atoms with Crippen LogP contribution in [0.2, 0.25) is 0 Å². The van der Waals surface area contributed by atoms with Gasteiger partial charge in [0.2, 0.25) is 0 Å². The summed E-state index contributed by atoms with van der Waals surface area (Å²) in [6.07, 6.45) is 2.92. The minimum absolute atomic E-state index is 0.190. The molecule has 33 heavy (non-hydrogen) atoms. The minimum Gasteiger partial charge on any atom is -0.444 e. The van der Waals surface area contributed by atoms with Crippen molar-refractivity contribution < 1.29 is 13.9 Å². The number of rotatable bonds is 3. The molecule has 9 nitrogen and oxygen atoms in total. The maximum absolute atomic E-state index is 12.3. The van der Waals surface area contributed by atoms with Crippen molar-refractivity contribution in [3.05, 3.63) is 54.7 Å². The summed E-state index contributed by atoms with van der Waals surface area (Å²) in [6.45, 7) is 6.92. The zero-order valence-corrected chi connectivity index (χ0v) is 18.9. The van der Waals surface area contributed by atoms with Crippen LogP contribution in [-0.2, 0) is 4.74 Å². The van der Waals surface area contributed by atoms with Crippen molar-refractivity contribution in [1.29, 1.82) is 0 Å². The molecule has 9 heteroatoms. The van der Waals surface area contributed by atoms with Crippen LogP contribution in [0.25, 0.3) is 27.9 Å². The first-order valence-electron chi connectivity index (χ1n) is 11.1. The van der Waals surface area contributed by atoms with Crippen LogP contribution in [0.4, 0.5) is 4.79 Å². The van der Waals surface area contributed by atoms with Gasteiger partial charge >= 0.3 is 6.09 Å². The summed E-state index contributed by atoms with van der Waals surface area (Å²) in [5.74, 6) is 0.926. The molecule has 0 bridgehead atoms. The lowest BCUT2D eigenvalue weighted by molar-refractivity contribution is 0.0199. The van der Waals surface area contributed by atoms with Gasteiger partial charge in [0.25, 0.3) is 0 Å². The molecule has 3 heterocycles. The number of hydrogen-bond donors (Lipinski definition) is 0. The zero-order chi connectivity index (χ0) is 23.0. The molecule has 2 aromatic heterocycles. The molecular formula is C24H26N6O3. The number of piperidine rings is 1. The Morgan fingerprint density at radius 2 is 1.79 bits per heavy atom. The molecule has 0 N–H and O–H groups in total. The van der Waals surface area contributed by atoms with Gasteiger partial charge in [-0.05, 0) is 79.4 Å². The predicted molar refractivity (Wildman–Crippen MR) is 122 cm³/mol. The quantitative estimate of drug-likeness (QED) is 0.454. The Kier molecular flexibility index (Phi) is 5.32. The number of carbonyl (C=O) groups excluding carboxylic acids is 1. The minimum atomic E-state index is -0.486. The van der Waals surface area contributed by atoms with Crippen molar-refractivity contribution in [2.45, 2.75) is 45.1 Å². The fourth-order valence-electron chi connectivity index (χ4n) is 4.02. The topological polar surface area (TPSA) is 99.2 Å². The van der Waals surface area contributed by atoms with E-state index in [-0.39, 0.29) is 12.0 Å². The molecule has 0 radical (unpaired) electrons. The molecule has 1 aliphatic rings. The largest absolute Gasteiger partial charge is 0.444 e. The second-order valence-electron chi connectivity index (χ2n) is 9.28. The number of hydrogen-bond acceptors (Lipinski definition) is 7. The molecular weight excluding hydrogens is 420 g/mol. The zero-order valence-electron chi connectivity index (χ0n) is 18.9. The number of fused-ring (bicyclic) bond motifs is 1. The van der Waals surface area contributed by atoms with Crippen molar-refractivity contribution in [3.8, 4) is 16.8 Å². The fourth-order valence-corrected chi connectivity index (χ4v) is 4.02. The molecule has 0 unspecified atom stereocenters. The van der Waals surface area contributed by atoms with E-state index in [9.17, 15) is 4.79 Å². The maximum Gasteiger partial charge on any atom is 0.410 e. The summed E-state index contributed by atoms with van der Waals surface area (Å²) in [6, 6.07) is 14.1. The van der Waals surface area contributed by atoms with E-state index in [2.05, 4.69) is 15.5 Å². The number of likely N-dealkylation sites (tertiary alicyclic amines) is 1. The monoisotopic (exact) mass is 446 g/mol. The van der Waals surface area contributed by atoms with E-state index < -0.39 is 5.60 Å². The lowest BCUT2D eigenvalue weighted by Crippen LogP contribution is -2.41. The van der Waals surface area contributed by atoms with Gasteiger partial charge in [0.05, 0.1) is 5.69 Å². The summed E-state index contributed by atoms with van der Waals surface area (Å²) in [5.41, 5.74) is 4.15. The highest BCUT2D eigenvalue weighted by Crippen LogP contribution is 2.32. The molecule has 2 aromatic carbocycles. The number of oxazole rings is 1. The molecule has 170 valence electrons. The molecule has 1 aliphatic heterocycles. The Bertz CT molecular complexity index is 1250. The van der Waals surface area contributed by atoms with Gasteiger partial charge in [0.1, 0.15) is 17.4 Å². The third-order valence-electron chi connectivity index (χ3n) is 5.71. The second kappa shape index (κ2) is 8.31. The van der Waals surface area contributed by atoms with Crippen LogP contribution < -0.4 is 0 Å². The van der Waals surface area contributed by atoms with Crippen molar-refractivity contribution in [2.24, 2.45) is 0 Å². The maximum atomic E-state index is 12.3. The highest BCUT2D eigenvalue weighted by atomic mass is 16.6. The van der Waals surface area contributed by atoms with E-state index in [0.29, 0.717) is 13.1 Å². The number of aromatic nitrogens is 5. The second-order valence-corrected chi connectivity index (χ2v) is 9.28. The third-order valence-corrected chi connectivity index (χ3v) is 5.71. The number of nitrogens with zero attached hydrogens (tertiary/aromatic N) is 6. The van der Waals surface area contributed by atoms with Crippen LogP contribution in [0.5, 0.6) is 0 Å². The van der Waals surface area contributed by atoms with E-state index in [4.69, 9.17) is 14.1 Å². The van der Waals surface area contributed by atoms with Crippen molar-refractivity contribution in [2.75, 3.05) is 13.1 Å². The summed E-state index contributed by atoms with van der Waals surface area (Å²) in [4.78, 5) is 18.9. The van der Waals surface area contributed by atoms with Gasteiger partial charge in [0.15, 0.2) is 11.5 Å². The molecule has 0 saturated carbocycles. The first kappa shape index (κ1) is 21.1. The van der Waals surface area contributed by atoms with E-state index in [0.717, 1.165) is 46.6 Å². The number of benzene rings is 2. The Labute approximate surface area is 191 Å². The highest BCUT2D eigenvalue weighted by molar-refractivity contribution is 5.80. The standard InChI is InChI=1S/C24H26N6O3/c1-24(2,3)33-23(31)29-12-10-17(11-13-29)22-26-20-14-18(6-9-21(20)32-22)16-4-7-19(8-5-16)30-15-25-27-28-30/h4-9,14-15,17H,10-13H2,1-3H3. The van der Waals surface area contributed by atoms with Gasteiger partial charge < -0.3 is 14.1 Å². The Balaban J connectivity index is 1.29. The predicted octanol–water partition coefficient (Wildman–Crippen LogP) is 4.59. The normalized spacial score (nSPS) is 15.2. The van der Waals surface area contributed by atoms with E-state index in [1.54, 1.807) is 15.9 Å². The van der Waals surface area contributed by atoms with Crippen LogP contribution in [0.1, 0.15) is 45.4 Å². The van der Waals surface area contributed by atoms with E-state index in [1.807, 2.05) is 63.2 Å². The lowest BCUT2D eigenvalue weighted by atomic mass is 9.97. The van der Waals surface area contributed by atoms with E-state index in [1.165, 1.54) is 0 Å². The molecule has 0 atom stereocenters. The third kappa shape index (κ3) is 4.57. The van der Waals surface area contributed by atoms with Gasteiger partial charge in [-0.3, -0.25) is 0 Å².